The molecule has 0 aliphatic carbocycles. The van der Waals surface area contributed by atoms with Crippen LogP contribution >= 0.6 is 0 Å². The van der Waals surface area contributed by atoms with Gasteiger partial charge in [-0.25, -0.2) is 0 Å². The molecule has 1 aliphatic heterocycles. The molecule has 1 saturated heterocycles. The lowest BCUT2D eigenvalue weighted by molar-refractivity contribution is -0.302. The fourth-order valence-corrected chi connectivity index (χ4v) is 8.16. The summed E-state index contributed by atoms with van der Waals surface area (Å²) < 4.78 is 11.2. The molecule has 0 aromatic rings. The molecule has 0 aromatic heterocycles. The van der Waals surface area contributed by atoms with Crippen LogP contribution in [0, 0.1) is 0 Å². The Morgan fingerprint density at radius 1 is 0.550 bits per heavy atom. The highest BCUT2D eigenvalue weighted by molar-refractivity contribution is 5.76. The number of aliphatic hydroxyl groups excluding tert-OH is 5. The molecular formula is C51H97NO8. The van der Waals surface area contributed by atoms with Gasteiger partial charge in [-0.1, -0.05) is 231 Å². The van der Waals surface area contributed by atoms with Crippen molar-refractivity contribution in [2.45, 2.75) is 281 Å². The van der Waals surface area contributed by atoms with Crippen molar-refractivity contribution in [3.8, 4) is 0 Å². The second-order valence-corrected chi connectivity index (χ2v) is 18.0. The number of unbranched alkanes of at least 4 members (excludes halogenated alkanes) is 31. The van der Waals surface area contributed by atoms with Crippen LogP contribution in [0.15, 0.2) is 24.3 Å². The van der Waals surface area contributed by atoms with Gasteiger partial charge in [-0.05, 0) is 25.7 Å². The van der Waals surface area contributed by atoms with Crippen molar-refractivity contribution in [1.29, 1.82) is 0 Å². The Morgan fingerprint density at radius 2 is 0.950 bits per heavy atom. The lowest BCUT2D eigenvalue weighted by Gasteiger charge is -2.40. The Morgan fingerprint density at radius 3 is 1.38 bits per heavy atom. The smallest absolute Gasteiger partial charge is 0.220 e. The fourth-order valence-electron chi connectivity index (χ4n) is 8.16. The second-order valence-electron chi connectivity index (χ2n) is 18.0. The first-order chi connectivity index (χ1) is 29.3. The normalized spacial score (nSPS) is 20.7. The zero-order chi connectivity index (χ0) is 43.7. The number of nitrogens with one attached hydrogen (secondary N) is 1. The van der Waals surface area contributed by atoms with E-state index in [1.54, 1.807) is 6.08 Å². The van der Waals surface area contributed by atoms with Crippen molar-refractivity contribution in [2.75, 3.05) is 13.2 Å². The van der Waals surface area contributed by atoms with E-state index in [0.29, 0.717) is 6.42 Å². The molecule has 9 heteroatoms. The molecule has 1 amide bonds. The highest BCUT2D eigenvalue weighted by Crippen LogP contribution is 2.23. The van der Waals surface area contributed by atoms with Crippen molar-refractivity contribution >= 4 is 5.91 Å². The molecule has 0 radical (unpaired) electrons. The Balaban J connectivity index is 2.09. The third-order valence-corrected chi connectivity index (χ3v) is 12.3. The molecule has 6 N–H and O–H groups in total. The number of allylic oxidation sites excluding steroid dienone is 3. The first kappa shape index (κ1) is 56.7. The summed E-state index contributed by atoms with van der Waals surface area (Å²) >= 11 is 0. The van der Waals surface area contributed by atoms with E-state index in [-0.39, 0.29) is 12.5 Å². The molecule has 0 aromatic carbocycles. The van der Waals surface area contributed by atoms with Gasteiger partial charge in [0.05, 0.1) is 25.4 Å². The summed E-state index contributed by atoms with van der Waals surface area (Å²) in [5, 5.41) is 54.0. The predicted molar refractivity (Wildman–Crippen MR) is 249 cm³/mol. The molecule has 1 heterocycles. The zero-order valence-electron chi connectivity index (χ0n) is 39.0. The van der Waals surface area contributed by atoms with Crippen LogP contribution in [-0.2, 0) is 14.3 Å². The summed E-state index contributed by atoms with van der Waals surface area (Å²) in [7, 11) is 0. The largest absolute Gasteiger partial charge is 0.394 e. The summed E-state index contributed by atoms with van der Waals surface area (Å²) in [6, 6.07) is -0.815. The number of ether oxygens (including phenoxy) is 2. The van der Waals surface area contributed by atoms with E-state index in [2.05, 4.69) is 31.3 Å². The Kier molecular flexibility index (Phi) is 39.4. The zero-order valence-corrected chi connectivity index (χ0v) is 39.0. The van der Waals surface area contributed by atoms with Crippen LogP contribution in [-0.4, -0.2) is 87.5 Å². The highest BCUT2D eigenvalue weighted by atomic mass is 16.7. The van der Waals surface area contributed by atoms with Gasteiger partial charge in [-0.2, -0.15) is 0 Å². The van der Waals surface area contributed by atoms with E-state index in [1.165, 1.54) is 173 Å². The second kappa shape index (κ2) is 41.7. The van der Waals surface area contributed by atoms with Gasteiger partial charge in [0.2, 0.25) is 5.91 Å². The van der Waals surface area contributed by atoms with Gasteiger partial charge in [0.25, 0.3) is 0 Å². The van der Waals surface area contributed by atoms with Gasteiger partial charge in [0.1, 0.15) is 24.4 Å². The van der Waals surface area contributed by atoms with Crippen molar-refractivity contribution in [3.05, 3.63) is 24.3 Å². The van der Waals surface area contributed by atoms with Gasteiger partial charge in [0, 0.05) is 6.42 Å². The minimum Gasteiger partial charge on any atom is -0.394 e. The van der Waals surface area contributed by atoms with Crippen LogP contribution in [0.3, 0.4) is 0 Å². The third kappa shape index (κ3) is 31.5. The van der Waals surface area contributed by atoms with Gasteiger partial charge < -0.3 is 40.3 Å². The number of hydrogen-bond acceptors (Lipinski definition) is 8. The van der Waals surface area contributed by atoms with E-state index in [1.807, 2.05) is 6.08 Å². The number of carbonyl (C=O) groups is 1. The lowest BCUT2D eigenvalue weighted by atomic mass is 9.99. The van der Waals surface area contributed by atoms with Crippen LogP contribution in [0.25, 0.3) is 0 Å². The molecule has 0 spiro atoms. The van der Waals surface area contributed by atoms with E-state index >= 15 is 0 Å². The topological polar surface area (TPSA) is 149 Å². The molecule has 1 fully saturated rings. The maximum absolute atomic E-state index is 12.9. The number of carbonyl (C=O) groups excluding carboxylic acids is 1. The minimum atomic E-state index is -1.57. The average Bonchev–Trinajstić information content (AvgIpc) is 3.25. The van der Waals surface area contributed by atoms with E-state index in [0.717, 1.165) is 44.9 Å². The van der Waals surface area contributed by atoms with Crippen LogP contribution in [0.5, 0.6) is 0 Å². The molecule has 9 nitrogen and oxygen atoms in total. The van der Waals surface area contributed by atoms with Crippen molar-refractivity contribution in [1.82, 2.24) is 5.32 Å². The molecule has 354 valence electrons. The molecule has 7 atom stereocenters. The molecule has 7 unspecified atom stereocenters. The first-order valence-corrected chi connectivity index (χ1v) is 25.6. The van der Waals surface area contributed by atoms with Crippen LogP contribution < -0.4 is 5.32 Å². The summed E-state index contributed by atoms with van der Waals surface area (Å²) in [6.07, 6.45) is 44.2. The lowest BCUT2D eigenvalue weighted by Crippen LogP contribution is -2.60. The van der Waals surface area contributed by atoms with Gasteiger partial charge in [-0.3, -0.25) is 4.79 Å². The summed E-state index contributed by atoms with van der Waals surface area (Å²) in [5.74, 6) is -0.186. The van der Waals surface area contributed by atoms with Crippen LogP contribution in [0.2, 0.25) is 0 Å². The van der Waals surface area contributed by atoms with Crippen molar-refractivity contribution < 1.29 is 39.8 Å². The van der Waals surface area contributed by atoms with Gasteiger partial charge in [-0.15, -0.1) is 0 Å². The number of amides is 1. The predicted octanol–water partition coefficient (Wildman–Crippen LogP) is 11.5. The Labute approximate surface area is 369 Å². The van der Waals surface area contributed by atoms with Gasteiger partial charge in [0.15, 0.2) is 6.29 Å². The van der Waals surface area contributed by atoms with Crippen molar-refractivity contribution in [2.24, 2.45) is 0 Å². The summed E-state index contributed by atoms with van der Waals surface area (Å²) in [6.45, 7) is 3.69. The van der Waals surface area contributed by atoms with E-state index in [9.17, 15) is 30.3 Å². The maximum Gasteiger partial charge on any atom is 0.220 e. The van der Waals surface area contributed by atoms with Crippen LogP contribution in [0.1, 0.15) is 239 Å². The quantitative estimate of drug-likeness (QED) is 0.0262. The number of rotatable bonds is 43. The molecule has 0 bridgehead atoms. The van der Waals surface area contributed by atoms with Crippen molar-refractivity contribution in [3.63, 3.8) is 0 Å². The number of hydrogen-bond donors (Lipinski definition) is 6. The Bertz CT molecular complexity index is 992. The molecular weight excluding hydrogens is 755 g/mol. The maximum atomic E-state index is 12.9. The fraction of sp³-hybridized carbons (Fsp3) is 0.902. The third-order valence-electron chi connectivity index (χ3n) is 12.3. The minimum absolute atomic E-state index is 0.186. The summed E-state index contributed by atoms with van der Waals surface area (Å²) in [5.41, 5.74) is 0. The molecule has 1 rings (SSSR count). The SMILES string of the molecule is CCCC/C=C/CC/C=C/C(O)C(COC1OC(CO)C(O)C(O)C1O)NC(=O)CCCCCCCCCCCCCCCCCCCCCCCCCCCCCCC. The molecule has 1 aliphatic rings. The Hall–Kier alpha value is -1.33. The molecule has 60 heavy (non-hydrogen) atoms. The standard InChI is InChI=1S/C51H97NO8/c1-3-5-7-9-11-13-14-15-16-17-18-19-20-21-22-23-24-25-26-27-28-29-30-31-32-33-35-37-39-41-47(55)52-44(45(54)40-38-36-34-12-10-8-6-4-2)43-59-51-50(58)49(57)48(56)46(42-53)60-51/h10,12,38,40,44-46,48-51,53-54,56-58H,3-9,11,13-37,39,41-43H2,1-2H3,(H,52,55)/b12-10+,40-38+. The summed E-state index contributed by atoms with van der Waals surface area (Å²) in [4.78, 5) is 12.9. The van der Waals surface area contributed by atoms with E-state index in [4.69, 9.17) is 9.47 Å². The van der Waals surface area contributed by atoms with E-state index < -0.39 is 49.5 Å². The molecule has 0 saturated carbocycles. The highest BCUT2D eigenvalue weighted by Gasteiger charge is 2.44. The van der Waals surface area contributed by atoms with Crippen LogP contribution in [0.4, 0.5) is 0 Å². The van der Waals surface area contributed by atoms with Gasteiger partial charge >= 0.3 is 0 Å². The average molecular weight is 852 g/mol. The monoisotopic (exact) mass is 852 g/mol. The first-order valence-electron chi connectivity index (χ1n) is 25.6. The number of aliphatic hydroxyl groups is 5.